The highest BCUT2D eigenvalue weighted by atomic mass is 16.5. The molecule has 0 radical (unpaired) electrons. The van der Waals surface area contributed by atoms with Gasteiger partial charge in [-0.15, -0.1) is 0 Å². The largest absolute Gasteiger partial charge is 0.340 e. The smallest absolute Gasteiger partial charge is 0.317 e. The molecule has 0 saturated carbocycles. The molecule has 0 spiro atoms. The number of amides is 2. The van der Waals surface area contributed by atoms with E-state index in [9.17, 15) is 4.79 Å². The molecule has 3 heterocycles. The van der Waals surface area contributed by atoms with Gasteiger partial charge in [0.1, 0.15) is 0 Å². The lowest BCUT2D eigenvalue weighted by atomic mass is 9.98. The van der Waals surface area contributed by atoms with Gasteiger partial charge in [0.25, 0.3) is 0 Å². The van der Waals surface area contributed by atoms with E-state index in [2.05, 4.69) is 27.4 Å². The van der Waals surface area contributed by atoms with Gasteiger partial charge in [0.2, 0.25) is 5.89 Å². The van der Waals surface area contributed by atoms with Crippen molar-refractivity contribution in [3.05, 3.63) is 29.9 Å². The Morgan fingerprint density at radius 2 is 2.39 bits per heavy atom. The molecule has 2 amide bonds. The Kier molecular flexibility index (Phi) is 4.59. The summed E-state index contributed by atoms with van der Waals surface area (Å²) in [6.45, 7) is 6.53. The predicted molar refractivity (Wildman–Crippen MR) is 82.7 cm³/mol. The molecule has 2 aromatic heterocycles. The third kappa shape index (κ3) is 3.52. The number of hydrogen-bond donors (Lipinski definition) is 1. The highest BCUT2D eigenvalue weighted by Gasteiger charge is 2.27. The van der Waals surface area contributed by atoms with Gasteiger partial charge in [0.15, 0.2) is 5.82 Å². The summed E-state index contributed by atoms with van der Waals surface area (Å²) in [5, 5.41) is 6.96. The number of nitrogens with one attached hydrogen (secondary N) is 1. The van der Waals surface area contributed by atoms with Gasteiger partial charge >= 0.3 is 6.03 Å². The van der Waals surface area contributed by atoms with Gasteiger partial charge in [-0.1, -0.05) is 5.16 Å². The molecule has 0 aromatic carbocycles. The number of imidazole rings is 1. The number of carbonyl (C=O) groups excluding carboxylic acids is 1. The van der Waals surface area contributed by atoms with E-state index in [0.29, 0.717) is 24.8 Å². The number of carbonyl (C=O) groups is 1. The van der Waals surface area contributed by atoms with Gasteiger partial charge in [0.05, 0.1) is 18.6 Å². The minimum atomic E-state index is -0.0567. The molecule has 8 heteroatoms. The molecule has 1 saturated heterocycles. The Balaban J connectivity index is 1.57. The number of aromatic nitrogens is 4. The second kappa shape index (κ2) is 6.80. The van der Waals surface area contributed by atoms with Crippen molar-refractivity contribution in [3.63, 3.8) is 0 Å². The van der Waals surface area contributed by atoms with Gasteiger partial charge in [-0.2, -0.15) is 4.98 Å². The lowest BCUT2D eigenvalue weighted by molar-refractivity contribution is 0.177. The van der Waals surface area contributed by atoms with Crippen LogP contribution in [0.3, 0.4) is 0 Å². The van der Waals surface area contributed by atoms with Crippen LogP contribution in [0.25, 0.3) is 0 Å². The van der Waals surface area contributed by atoms with Crippen molar-refractivity contribution in [1.29, 1.82) is 0 Å². The highest BCUT2D eigenvalue weighted by Crippen LogP contribution is 2.24. The van der Waals surface area contributed by atoms with Crippen molar-refractivity contribution in [3.8, 4) is 0 Å². The fourth-order valence-corrected chi connectivity index (χ4v) is 2.91. The molecule has 1 N–H and O–H groups in total. The standard InChI is InChI=1S/C15H22N6O2/c1-3-20-10-16-7-13(20)8-17-15(22)21-6-4-5-12(9-21)14-18-11(2)23-19-14/h7,10,12H,3-6,8-9H2,1-2H3,(H,17,22). The van der Waals surface area contributed by atoms with Crippen LogP contribution in [-0.4, -0.2) is 43.7 Å². The fraction of sp³-hybridized carbons (Fsp3) is 0.600. The summed E-state index contributed by atoms with van der Waals surface area (Å²) in [6, 6.07) is -0.0567. The minimum absolute atomic E-state index is 0.0567. The summed E-state index contributed by atoms with van der Waals surface area (Å²) in [4.78, 5) is 22.6. The van der Waals surface area contributed by atoms with Crippen LogP contribution in [0, 0.1) is 6.92 Å². The average molecular weight is 318 g/mol. The molecule has 124 valence electrons. The third-order valence-electron chi connectivity index (χ3n) is 4.18. The van der Waals surface area contributed by atoms with Crippen molar-refractivity contribution in [2.45, 2.75) is 45.7 Å². The van der Waals surface area contributed by atoms with Crippen molar-refractivity contribution >= 4 is 6.03 Å². The van der Waals surface area contributed by atoms with E-state index >= 15 is 0 Å². The van der Waals surface area contributed by atoms with E-state index < -0.39 is 0 Å². The zero-order chi connectivity index (χ0) is 16.2. The Hall–Kier alpha value is -2.38. The van der Waals surface area contributed by atoms with Crippen molar-refractivity contribution in [2.75, 3.05) is 13.1 Å². The van der Waals surface area contributed by atoms with E-state index in [-0.39, 0.29) is 11.9 Å². The molecule has 1 aliphatic rings. The molecule has 23 heavy (non-hydrogen) atoms. The van der Waals surface area contributed by atoms with Crippen molar-refractivity contribution in [1.82, 2.24) is 29.9 Å². The fourth-order valence-electron chi connectivity index (χ4n) is 2.91. The van der Waals surface area contributed by atoms with Crippen molar-refractivity contribution in [2.24, 2.45) is 0 Å². The first-order valence-corrected chi connectivity index (χ1v) is 7.99. The summed E-state index contributed by atoms with van der Waals surface area (Å²) in [7, 11) is 0. The monoisotopic (exact) mass is 318 g/mol. The van der Waals surface area contributed by atoms with Gasteiger partial charge in [-0.3, -0.25) is 0 Å². The van der Waals surface area contributed by atoms with E-state index in [4.69, 9.17) is 4.52 Å². The second-order valence-electron chi connectivity index (χ2n) is 5.79. The quantitative estimate of drug-likeness (QED) is 0.926. The van der Waals surface area contributed by atoms with Crippen LogP contribution in [0.2, 0.25) is 0 Å². The SMILES string of the molecule is CCn1cncc1CNC(=O)N1CCCC(c2noc(C)n2)C1. The minimum Gasteiger partial charge on any atom is -0.340 e. The normalized spacial score (nSPS) is 18.2. The molecule has 1 atom stereocenters. The van der Waals surface area contributed by atoms with Crippen LogP contribution >= 0.6 is 0 Å². The predicted octanol–water partition coefficient (Wildman–Crippen LogP) is 1.68. The first kappa shape index (κ1) is 15.5. The zero-order valence-electron chi connectivity index (χ0n) is 13.5. The molecule has 0 bridgehead atoms. The van der Waals surface area contributed by atoms with Crippen LogP contribution < -0.4 is 5.32 Å². The summed E-state index contributed by atoms with van der Waals surface area (Å²) in [5.74, 6) is 1.41. The van der Waals surface area contributed by atoms with Crippen LogP contribution in [0.1, 0.15) is 43.1 Å². The molecule has 2 aromatic rings. The lowest BCUT2D eigenvalue weighted by Crippen LogP contribution is -2.45. The van der Waals surface area contributed by atoms with Crippen LogP contribution in [0.4, 0.5) is 4.79 Å². The topological polar surface area (TPSA) is 89.1 Å². The van der Waals surface area contributed by atoms with Gasteiger partial charge in [-0.25, -0.2) is 9.78 Å². The number of rotatable bonds is 4. The molecule has 1 unspecified atom stereocenters. The van der Waals surface area contributed by atoms with E-state index in [1.807, 2.05) is 9.47 Å². The summed E-state index contributed by atoms with van der Waals surface area (Å²) in [6.07, 6.45) is 5.48. The number of aryl methyl sites for hydroxylation is 2. The van der Waals surface area contributed by atoms with Crippen LogP contribution in [-0.2, 0) is 13.1 Å². The summed E-state index contributed by atoms with van der Waals surface area (Å²) >= 11 is 0. The van der Waals surface area contributed by atoms with Gasteiger partial charge in [0, 0.05) is 38.7 Å². The Morgan fingerprint density at radius 1 is 1.52 bits per heavy atom. The number of piperidine rings is 1. The highest BCUT2D eigenvalue weighted by molar-refractivity contribution is 5.74. The number of urea groups is 1. The summed E-state index contributed by atoms with van der Waals surface area (Å²) in [5.41, 5.74) is 1.00. The molecule has 8 nitrogen and oxygen atoms in total. The first-order chi connectivity index (χ1) is 11.2. The molecule has 0 aliphatic carbocycles. The number of nitrogens with zero attached hydrogens (tertiary/aromatic N) is 5. The maximum absolute atomic E-state index is 12.4. The Labute approximate surface area is 134 Å². The number of hydrogen-bond acceptors (Lipinski definition) is 5. The molecular weight excluding hydrogens is 296 g/mol. The Bertz CT molecular complexity index is 664. The van der Waals surface area contributed by atoms with Crippen LogP contribution in [0.15, 0.2) is 17.0 Å². The van der Waals surface area contributed by atoms with E-state index in [1.165, 1.54) is 0 Å². The zero-order valence-corrected chi connectivity index (χ0v) is 13.5. The third-order valence-corrected chi connectivity index (χ3v) is 4.18. The Morgan fingerprint density at radius 3 is 3.13 bits per heavy atom. The second-order valence-corrected chi connectivity index (χ2v) is 5.79. The molecule has 1 fully saturated rings. The van der Waals surface area contributed by atoms with Gasteiger partial charge in [-0.05, 0) is 19.8 Å². The molecule has 1 aliphatic heterocycles. The van der Waals surface area contributed by atoms with Crippen molar-refractivity contribution < 1.29 is 9.32 Å². The molecular formula is C15H22N6O2. The van der Waals surface area contributed by atoms with Crippen LogP contribution in [0.5, 0.6) is 0 Å². The van der Waals surface area contributed by atoms with E-state index in [1.54, 1.807) is 19.4 Å². The summed E-state index contributed by atoms with van der Waals surface area (Å²) < 4.78 is 7.06. The first-order valence-electron chi connectivity index (χ1n) is 7.99. The van der Waals surface area contributed by atoms with Gasteiger partial charge < -0.3 is 19.3 Å². The lowest BCUT2D eigenvalue weighted by Gasteiger charge is -2.31. The maximum atomic E-state index is 12.4. The maximum Gasteiger partial charge on any atom is 0.317 e. The van der Waals surface area contributed by atoms with E-state index in [0.717, 1.165) is 31.6 Å². The number of likely N-dealkylation sites (tertiary alicyclic amines) is 1. The average Bonchev–Trinajstić information content (AvgIpc) is 3.21. The molecule has 3 rings (SSSR count).